The van der Waals surface area contributed by atoms with Crippen molar-refractivity contribution in [1.82, 2.24) is 0 Å². The molecule has 0 nitrogen and oxygen atoms in total. The van der Waals surface area contributed by atoms with Gasteiger partial charge in [0.1, 0.15) is 0 Å². The minimum absolute atomic E-state index is 0.318. The summed E-state index contributed by atoms with van der Waals surface area (Å²) in [5, 5.41) is 0. The summed E-state index contributed by atoms with van der Waals surface area (Å²) < 4.78 is 0. The van der Waals surface area contributed by atoms with Crippen LogP contribution >= 0.6 is 95.1 Å². The molecule has 0 heterocycles. The molecular formula is C27H72P12. The molecule has 0 aliphatic rings. The van der Waals surface area contributed by atoms with E-state index in [1.54, 1.807) is 47.2 Å². The van der Waals surface area contributed by atoms with E-state index in [0.717, 1.165) is 0 Å². The second kappa shape index (κ2) is 30.5. The molecule has 2 unspecified atom stereocenters. The van der Waals surface area contributed by atoms with Gasteiger partial charge in [0.2, 0.25) is 0 Å². The molecular weight excluding hydrogens is 696 g/mol. The van der Waals surface area contributed by atoms with E-state index in [9.17, 15) is 0 Å². The van der Waals surface area contributed by atoms with Crippen molar-refractivity contribution in [3.05, 3.63) is 0 Å². The lowest BCUT2D eigenvalue weighted by atomic mass is 11.8. The van der Waals surface area contributed by atoms with E-state index < -0.39 is 0 Å². The summed E-state index contributed by atoms with van der Waals surface area (Å²) >= 11 is 0. The van der Waals surface area contributed by atoms with Crippen molar-refractivity contribution < 1.29 is 0 Å². The van der Waals surface area contributed by atoms with Gasteiger partial charge in [0.15, 0.2) is 0 Å². The maximum atomic E-state index is 2.50. The summed E-state index contributed by atoms with van der Waals surface area (Å²) in [4.78, 5) is 0. The van der Waals surface area contributed by atoms with Gasteiger partial charge < -0.3 is 0 Å². The van der Waals surface area contributed by atoms with Crippen molar-refractivity contribution in [2.45, 2.75) is 0 Å². The third kappa shape index (κ3) is 43.2. The Kier molecular flexibility index (Phi) is 38.0. The number of rotatable bonds is 18. The van der Waals surface area contributed by atoms with E-state index in [1.165, 1.54) is 5.90 Å². The molecule has 0 saturated carbocycles. The van der Waals surface area contributed by atoms with Crippen LogP contribution in [0.15, 0.2) is 0 Å². The van der Waals surface area contributed by atoms with Gasteiger partial charge in [-0.15, -0.1) is 79.2 Å². The highest BCUT2D eigenvalue weighted by Gasteiger charge is 2.19. The molecule has 39 heavy (non-hydrogen) atoms. The lowest BCUT2D eigenvalue weighted by Gasteiger charge is -2.29. The van der Waals surface area contributed by atoms with Gasteiger partial charge in [0.05, 0.1) is 0 Å². The molecule has 0 aliphatic carbocycles. The van der Waals surface area contributed by atoms with Gasteiger partial charge in [-0.25, -0.2) is 0 Å². The predicted molar refractivity (Wildman–Crippen MR) is 233 cm³/mol. The quantitative estimate of drug-likeness (QED) is 0.122. The van der Waals surface area contributed by atoms with Gasteiger partial charge in [-0.1, -0.05) is 15.8 Å². The highest BCUT2D eigenvalue weighted by atomic mass is 31.2. The zero-order chi connectivity index (χ0) is 31.3. The molecule has 0 aliphatic heterocycles. The molecule has 240 valence electrons. The molecule has 2 atom stereocenters. The van der Waals surface area contributed by atoms with E-state index in [-0.39, 0.29) is 0 Å². The molecule has 0 rings (SSSR count). The fraction of sp³-hybridized carbons (Fsp3) is 1.00. The van der Waals surface area contributed by atoms with Gasteiger partial charge in [0, 0.05) is 0 Å². The Labute approximate surface area is 266 Å². The first-order chi connectivity index (χ1) is 17.7. The van der Waals surface area contributed by atoms with E-state index in [1.807, 2.05) is 0 Å². The van der Waals surface area contributed by atoms with Crippen LogP contribution < -0.4 is 0 Å². The van der Waals surface area contributed by atoms with E-state index >= 15 is 0 Å². The zero-order valence-corrected chi connectivity index (χ0v) is 40.5. The molecule has 0 fully saturated rings. The average Bonchev–Trinajstić information content (AvgIpc) is 2.63. The molecule has 0 amide bonds. The van der Waals surface area contributed by atoms with Crippen LogP contribution in [0.1, 0.15) is 0 Å². The minimum Gasteiger partial charge on any atom is -0.109 e. The van der Waals surface area contributed by atoms with Crippen molar-refractivity contribution in [3.63, 3.8) is 0 Å². The summed E-state index contributed by atoms with van der Waals surface area (Å²) in [7, 11) is 4.25. The third-order valence-electron chi connectivity index (χ3n) is 4.43. The lowest BCUT2D eigenvalue weighted by molar-refractivity contribution is 1.78. The molecule has 0 saturated heterocycles. The highest BCUT2D eigenvalue weighted by Crippen LogP contribution is 2.64. The Balaban J connectivity index is -0.000000558. The zero-order valence-electron chi connectivity index (χ0n) is 29.7. The number of hydrogen-bond acceptors (Lipinski definition) is 0. The van der Waals surface area contributed by atoms with Gasteiger partial charge in [-0.05, 0) is 173 Å². The van der Waals surface area contributed by atoms with Crippen LogP contribution in [0.2, 0.25) is 0 Å². The predicted octanol–water partition coefficient (Wildman–Crippen LogP) is 13.7. The first-order valence-electron chi connectivity index (χ1n) is 13.7. The van der Waals surface area contributed by atoms with Crippen molar-refractivity contribution in [2.24, 2.45) is 0 Å². The summed E-state index contributed by atoms with van der Waals surface area (Å²) in [6.07, 6.45) is 0. The second-order valence-electron chi connectivity index (χ2n) is 13.0. The van der Waals surface area contributed by atoms with Gasteiger partial charge in [-0.3, -0.25) is 0 Å². The van der Waals surface area contributed by atoms with Crippen molar-refractivity contribution >= 4 is 95.1 Å². The van der Waals surface area contributed by atoms with Crippen LogP contribution in [0.25, 0.3) is 0 Å². The molecule has 12 heteroatoms. The average molecular weight is 769 g/mol. The smallest absolute Gasteiger partial charge is 0.0108 e. The standard InChI is InChI=1S/C13H34P6.C9H24P4.C5H14P2/c1-14(2)9-18(10-15(3)4)13-19(11-16(5)6)12-17(7)8;1-10(2)7-12(5)9-13(6)8-11(3)4;1-6(2)5-7(3)4/h9-13H2,1-8H3;7-9H2,1-6H3;5H2,1-4H3. The highest BCUT2D eigenvalue weighted by molar-refractivity contribution is 7.90. The minimum atomic E-state index is 0.318. The normalized spacial score (nSPS) is 13.8. The first kappa shape index (κ1) is 48.6. The Hall–Kier alpha value is 5.16. The summed E-state index contributed by atoms with van der Waals surface area (Å²) in [5.74, 6) is 14.2. The van der Waals surface area contributed by atoms with Crippen LogP contribution in [-0.4, -0.2) is 173 Å². The topological polar surface area (TPSA) is 0 Å². The Morgan fingerprint density at radius 3 is 0.564 bits per heavy atom. The van der Waals surface area contributed by atoms with Crippen LogP contribution in [0.5, 0.6) is 0 Å². The summed E-state index contributed by atoms with van der Waals surface area (Å²) in [5.41, 5.74) is 0. The number of hydrogen-bond donors (Lipinski definition) is 0. The van der Waals surface area contributed by atoms with Crippen molar-refractivity contribution in [2.75, 3.05) is 173 Å². The Morgan fingerprint density at radius 1 is 0.205 bits per heavy atom. The van der Waals surface area contributed by atoms with Crippen LogP contribution in [-0.2, 0) is 0 Å². The third-order valence-corrected chi connectivity index (χ3v) is 39.9. The SMILES string of the molecule is CP(C)CP(C)C.CP(C)CP(C)CP(C)CP(C)C.CP(C)CP(CP(C)C)CP(CP(C)C)CP(C)C. The molecule has 0 radical (unpaired) electrons. The van der Waals surface area contributed by atoms with Crippen LogP contribution in [0.3, 0.4) is 0 Å². The molecule has 0 aromatic carbocycles. The maximum Gasteiger partial charge on any atom is -0.0108 e. The van der Waals surface area contributed by atoms with Crippen LogP contribution in [0, 0.1) is 0 Å². The molecule has 0 aromatic heterocycles. The van der Waals surface area contributed by atoms with E-state index in [0.29, 0.717) is 95.1 Å². The summed E-state index contributed by atoms with van der Waals surface area (Å²) in [6.45, 7) is 43.9. The van der Waals surface area contributed by atoms with Crippen molar-refractivity contribution in [1.29, 1.82) is 0 Å². The molecule has 0 spiro atoms. The fourth-order valence-corrected chi connectivity index (χ4v) is 44.1. The summed E-state index contributed by atoms with van der Waals surface area (Å²) in [6, 6.07) is 0. The van der Waals surface area contributed by atoms with Gasteiger partial charge in [-0.2, -0.15) is 0 Å². The molecule has 0 bridgehead atoms. The van der Waals surface area contributed by atoms with E-state index in [2.05, 4.69) is 120 Å². The van der Waals surface area contributed by atoms with E-state index in [4.69, 9.17) is 0 Å². The first-order valence-corrected chi connectivity index (χ1v) is 41.2. The van der Waals surface area contributed by atoms with Gasteiger partial charge in [0.25, 0.3) is 0 Å². The lowest BCUT2D eigenvalue weighted by Crippen LogP contribution is -1.97. The monoisotopic (exact) mass is 768 g/mol. The fourth-order valence-electron chi connectivity index (χ4n) is 4.18. The Bertz CT molecular complexity index is 451. The largest absolute Gasteiger partial charge is 0.109 e. The maximum absolute atomic E-state index is 2.50. The molecule has 0 aromatic rings. The van der Waals surface area contributed by atoms with Gasteiger partial charge >= 0.3 is 0 Å². The molecule has 0 N–H and O–H groups in total. The van der Waals surface area contributed by atoms with Crippen LogP contribution in [0.4, 0.5) is 0 Å². The van der Waals surface area contributed by atoms with Crippen molar-refractivity contribution in [3.8, 4) is 0 Å². The Morgan fingerprint density at radius 2 is 0.410 bits per heavy atom. The second-order valence-corrected chi connectivity index (χ2v) is 46.5.